The summed E-state index contributed by atoms with van der Waals surface area (Å²) >= 11 is 0. The molecule has 1 unspecified atom stereocenters. The maximum atomic E-state index is 13.1. The predicted molar refractivity (Wildman–Crippen MR) is 88.0 cm³/mol. The van der Waals surface area contributed by atoms with E-state index >= 15 is 0 Å². The van der Waals surface area contributed by atoms with Crippen LogP contribution < -0.4 is 5.32 Å². The van der Waals surface area contributed by atoms with E-state index in [4.69, 9.17) is 0 Å². The van der Waals surface area contributed by atoms with Gasteiger partial charge in [0, 0.05) is 12.6 Å². The minimum atomic E-state index is -0.513. The molecule has 0 saturated carbocycles. The molecule has 2 aromatic carbocycles. The molecule has 0 aliphatic heterocycles. The number of hydrogen-bond donors (Lipinski definition) is 2. The maximum absolute atomic E-state index is 13.1. The van der Waals surface area contributed by atoms with Crippen molar-refractivity contribution in [3.63, 3.8) is 0 Å². The van der Waals surface area contributed by atoms with Crippen molar-refractivity contribution in [3.05, 3.63) is 65.5 Å². The highest BCUT2D eigenvalue weighted by molar-refractivity contribution is 5.96. The van der Waals surface area contributed by atoms with Crippen LogP contribution in [0, 0.1) is 5.82 Å². The van der Waals surface area contributed by atoms with Crippen molar-refractivity contribution in [2.75, 3.05) is 13.6 Å². The highest BCUT2D eigenvalue weighted by atomic mass is 19.1. The first-order valence-electron chi connectivity index (χ1n) is 7.47. The summed E-state index contributed by atoms with van der Waals surface area (Å²) in [5.41, 5.74) is 0.939. The molecule has 0 fully saturated rings. The minimum absolute atomic E-state index is 0.125. The largest absolute Gasteiger partial charge is 0.508 e. The molecule has 6 heteroatoms. The number of benzene rings is 2. The van der Waals surface area contributed by atoms with E-state index in [1.54, 1.807) is 31.3 Å². The predicted octanol–water partition coefficient (Wildman–Crippen LogP) is 2.48. The zero-order chi connectivity index (χ0) is 17.7. The summed E-state index contributed by atoms with van der Waals surface area (Å²) in [6.07, 6.45) is 0. The first-order chi connectivity index (χ1) is 11.4. The lowest BCUT2D eigenvalue weighted by Crippen LogP contribution is -2.39. The summed E-state index contributed by atoms with van der Waals surface area (Å²) < 4.78 is 13.1. The third kappa shape index (κ3) is 4.32. The molecular formula is C18H19FN2O3. The molecule has 2 rings (SSSR count). The van der Waals surface area contributed by atoms with Crippen LogP contribution >= 0.6 is 0 Å². The van der Waals surface area contributed by atoms with Gasteiger partial charge in [-0.25, -0.2) is 4.39 Å². The van der Waals surface area contributed by atoms with Crippen molar-refractivity contribution < 1.29 is 19.1 Å². The topological polar surface area (TPSA) is 69.6 Å². The van der Waals surface area contributed by atoms with Crippen molar-refractivity contribution >= 4 is 11.8 Å². The van der Waals surface area contributed by atoms with Gasteiger partial charge in [0.05, 0.1) is 12.6 Å². The molecule has 0 aliphatic rings. The number of likely N-dealkylation sites (N-methyl/N-ethyl adjacent to an activating group) is 1. The summed E-state index contributed by atoms with van der Waals surface area (Å²) in [4.78, 5) is 25.6. The number of nitrogens with one attached hydrogen (secondary N) is 1. The summed E-state index contributed by atoms with van der Waals surface area (Å²) in [5, 5.41) is 12.0. The molecular weight excluding hydrogens is 311 g/mol. The number of nitrogens with zero attached hydrogens (tertiary/aromatic N) is 1. The Morgan fingerprint density at radius 1 is 1.21 bits per heavy atom. The molecule has 1 atom stereocenters. The van der Waals surface area contributed by atoms with Gasteiger partial charge in [0.2, 0.25) is 5.91 Å². The SMILES string of the molecule is CC(c1cccc(O)c1)N(C)C(=O)CNC(=O)c1cccc(F)c1. The fraction of sp³-hybridized carbons (Fsp3) is 0.222. The smallest absolute Gasteiger partial charge is 0.251 e. The highest BCUT2D eigenvalue weighted by Crippen LogP contribution is 2.22. The number of carbonyl (C=O) groups is 2. The van der Waals surface area contributed by atoms with Crippen LogP contribution in [0.25, 0.3) is 0 Å². The molecule has 126 valence electrons. The number of aromatic hydroxyl groups is 1. The minimum Gasteiger partial charge on any atom is -0.508 e. The van der Waals surface area contributed by atoms with Crippen LogP contribution in [0.2, 0.25) is 0 Å². The summed E-state index contributed by atoms with van der Waals surface area (Å²) in [5.74, 6) is -1.19. The molecule has 0 aromatic heterocycles. The van der Waals surface area contributed by atoms with Crippen LogP contribution in [-0.2, 0) is 4.79 Å². The molecule has 0 spiro atoms. The normalized spacial score (nSPS) is 11.6. The Morgan fingerprint density at radius 2 is 1.92 bits per heavy atom. The van der Waals surface area contributed by atoms with E-state index in [1.807, 2.05) is 6.92 Å². The van der Waals surface area contributed by atoms with E-state index in [0.29, 0.717) is 0 Å². The van der Waals surface area contributed by atoms with Crippen LogP contribution in [0.3, 0.4) is 0 Å². The van der Waals surface area contributed by atoms with Crippen molar-refractivity contribution in [1.29, 1.82) is 0 Å². The van der Waals surface area contributed by atoms with Crippen molar-refractivity contribution in [3.8, 4) is 5.75 Å². The van der Waals surface area contributed by atoms with Crippen molar-refractivity contribution in [2.24, 2.45) is 0 Å². The summed E-state index contributed by atoms with van der Waals surface area (Å²) in [6, 6.07) is 11.6. The van der Waals surface area contributed by atoms with Gasteiger partial charge in [-0.1, -0.05) is 18.2 Å². The fourth-order valence-corrected chi connectivity index (χ4v) is 2.24. The third-order valence-corrected chi connectivity index (χ3v) is 3.81. The molecule has 0 bridgehead atoms. The Morgan fingerprint density at radius 3 is 2.58 bits per heavy atom. The van der Waals surface area contributed by atoms with Gasteiger partial charge in [-0.2, -0.15) is 0 Å². The van der Waals surface area contributed by atoms with Gasteiger partial charge in [0.15, 0.2) is 0 Å². The molecule has 5 nitrogen and oxygen atoms in total. The summed E-state index contributed by atoms with van der Waals surface area (Å²) in [7, 11) is 1.62. The second-order valence-electron chi connectivity index (χ2n) is 5.47. The van der Waals surface area contributed by atoms with E-state index in [0.717, 1.165) is 11.6 Å². The molecule has 2 aromatic rings. The lowest BCUT2D eigenvalue weighted by Gasteiger charge is -2.25. The summed E-state index contributed by atoms with van der Waals surface area (Å²) in [6.45, 7) is 1.62. The van der Waals surface area contributed by atoms with Crippen LogP contribution in [0.1, 0.15) is 28.9 Å². The number of halogens is 1. The highest BCUT2D eigenvalue weighted by Gasteiger charge is 2.18. The van der Waals surface area contributed by atoms with Crippen LogP contribution in [0.4, 0.5) is 4.39 Å². The quantitative estimate of drug-likeness (QED) is 0.885. The Labute approximate surface area is 139 Å². The Balaban J connectivity index is 1.95. The Hall–Kier alpha value is -2.89. The lowest BCUT2D eigenvalue weighted by molar-refractivity contribution is -0.130. The third-order valence-electron chi connectivity index (χ3n) is 3.81. The second kappa shape index (κ2) is 7.59. The monoisotopic (exact) mass is 330 g/mol. The van der Waals surface area contributed by atoms with Gasteiger partial charge in [0.1, 0.15) is 11.6 Å². The molecule has 2 amide bonds. The lowest BCUT2D eigenvalue weighted by atomic mass is 10.1. The average molecular weight is 330 g/mol. The molecule has 0 saturated heterocycles. The molecule has 0 heterocycles. The van der Waals surface area contributed by atoms with E-state index in [1.165, 1.54) is 23.1 Å². The zero-order valence-electron chi connectivity index (χ0n) is 13.5. The average Bonchev–Trinajstić information content (AvgIpc) is 2.58. The number of carbonyl (C=O) groups excluding carboxylic acids is 2. The van der Waals surface area contributed by atoms with E-state index < -0.39 is 11.7 Å². The van der Waals surface area contributed by atoms with Crippen LogP contribution in [-0.4, -0.2) is 35.4 Å². The van der Waals surface area contributed by atoms with Crippen LogP contribution in [0.5, 0.6) is 5.75 Å². The van der Waals surface area contributed by atoms with Crippen molar-refractivity contribution in [2.45, 2.75) is 13.0 Å². The number of hydrogen-bond acceptors (Lipinski definition) is 3. The Bertz CT molecular complexity index is 749. The standard InChI is InChI=1S/C18H19FN2O3/c1-12(13-5-4-8-16(22)10-13)21(2)17(23)11-20-18(24)14-6-3-7-15(19)9-14/h3-10,12,22H,11H2,1-2H3,(H,20,24). The number of phenolic OH excluding ortho intramolecular Hbond substituents is 1. The van der Waals surface area contributed by atoms with E-state index in [9.17, 15) is 19.1 Å². The van der Waals surface area contributed by atoms with Gasteiger partial charge in [0.25, 0.3) is 5.91 Å². The van der Waals surface area contributed by atoms with E-state index in [2.05, 4.69) is 5.32 Å². The second-order valence-corrected chi connectivity index (χ2v) is 5.47. The zero-order valence-corrected chi connectivity index (χ0v) is 13.5. The molecule has 2 N–H and O–H groups in total. The van der Waals surface area contributed by atoms with E-state index in [-0.39, 0.29) is 29.8 Å². The molecule has 0 aliphatic carbocycles. The van der Waals surface area contributed by atoms with Gasteiger partial charge in [-0.15, -0.1) is 0 Å². The molecule has 24 heavy (non-hydrogen) atoms. The number of phenols is 1. The van der Waals surface area contributed by atoms with Crippen molar-refractivity contribution in [1.82, 2.24) is 10.2 Å². The maximum Gasteiger partial charge on any atom is 0.251 e. The fourth-order valence-electron chi connectivity index (χ4n) is 2.24. The first-order valence-corrected chi connectivity index (χ1v) is 7.47. The number of rotatable bonds is 5. The van der Waals surface area contributed by atoms with Gasteiger partial charge in [-0.3, -0.25) is 9.59 Å². The van der Waals surface area contributed by atoms with Gasteiger partial charge in [-0.05, 0) is 42.8 Å². The first kappa shape index (κ1) is 17.5. The van der Waals surface area contributed by atoms with Gasteiger partial charge >= 0.3 is 0 Å². The van der Waals surface area contributed by atoms with Gasteiger partial charge < -0.3 is 15.3 Å². The Kier molecular flexibility index (Phi) is 5.52. The molecule has 0 radical (unpaired) electrons. The number of amides is 2. The van der Waals surface area contributed by atoms with Crippen LogP contribution in [0.15, 0.2) is 48.5 Å².